The average Bonchev–Trinajstić information content (AvgIpc) is 3.19. The molecule has 1 aliphatic rings. The van der Waals surface area contributed by atoms with Crippen LogP contribution >= 0.6 is 0 Å². The lowest BCUT2D eigenvalue weighted by atomic mass is 10.0. The summed E-state index contributed by atoms with van der Waals surface area (Å²) in [5, 5.41) is 9.46. The highest BCUT2D eigenvalue weighted by Crippen LogP contribution is 2.40. The molecule has 7 nitrogen and oxygen atoms in total. The topological polar surface area (TPSA) is 87.0 Å². The van der Waals surface area contributed by atoms with E-state index < -0.39 is 12.4 Å². The molecule has 150 valence electrons. The van der Waals surface area contributed by atoms with Gasteiger partial charge in [-0.25, -0.2) is 0 Å². The van der Waals surface area contributed by atoms with Crippen molar-refractivity contribution in [2.45, 2.75) is 6.61 Å². The Bertz CT molecular complexity index is 988. The van der Waals surface area contributed by atoms with Gasteiger partial charge in [0.05, 0.1) is 14.2 Å². The summed E-state index contributed by atoms with van der Waals surface area (Å²) in [5.74, 6) is 0.00457. The van der Waals surface area contributed by atoms with Crippen molar-refractivity contribution in [3.05, 3.63) is 47.0 Å². The Balaban J connectivity index is 1.98. The van der Waals surface area contributed by atoms with Gasteiger partial charge in [-0.05, 0) is 42.0 Å². The van der Waals surface area contributed by atoms with Gasteiger partial charge in [-0.15, -0.1) is 0 Å². The largest absolute Gasteiger partial charge is 0.493 e. The number of nitriles is 1. The fraction of sp³-hybridized carbons (Fsp3) is 0.200. The van der Waals surface area contributed by atoms with E-state index in [0.29, 0.717) is 17.1 Å². The second-order valence-electron chi connectivity index (χ2n) is 5.70. The lowest BCUT2D eigenvalue weighted by molar-refractivity contribution is -0.0526. The van der Waals surface area contributed by atoms with Crippen LogP contribution in [0, 0.1) is 11.3 Å². The van der Waals surface area contributed by atoms with Crippen molar-refractivity contribution in [1.29, 1.82) is 5.26 Å². The number of alkyl halides is 2. The Kier molecular flexibility index (Phi) is 5.83. The van der Waals surface area contributed by atoms with E-state index in [1.54, 1.807) is 6.07 Å². The molecule has 2 aromatic carbocycles. The van der Waals surface area contributed by atoms with Gasteiger partial charge in [-0.2, -0.15) is 14.0 Å². The third kappa shape index (κ3) is 4.21. The first-order chi connectivity index (χ1) is 14.0. The number of ether oxygens (including phenoxy) is 5. The Morgan fingerprint density at radius 3 is 2.38 bits per heavy atom. The Morgan fingerprint density at radius 2 is 1.79 bits per heavy atom. The smallest absolute Gasteiger partial charge is 0.387 e. The maximum absolute atomic E-state index is 12.7. The quantitative estimate of drug-likeness (QED) is 0.395. The van der Waals surface area contributed by atoms with Crippen LogP contribution in [0.1, 0.15) is 15.9 Å². The maximum Gasteiger partial charge on any atom is 0.387 e. The molecular weight excluding hydrogens is 388 g/mol. The van der Waals surface area contributed by atoms with Crippen LogP contribution in [0.5, 0.6) is 28.7 Å². The summed E-state index contributed by atoms with van der Waals surface area (Å²) in [6, 6.07) is 9.12. The van der Waals surface area contributed by atoms with Crippen molar-refractivity contribution >= 4 is 11.9 Å². The third-order valence-corrected chi connectivity index (χ3v) is 4.00. The Morgan fingerprint density at radius 1 is 1.14 bits per heavy atom. The molecule has 1 aliphatic heterocycles. The van der Waals surface area contributed by atoms with Crippen LogP contribution < -0.4 is 23.7 Å². The SMILES string of the molecule is COc1cc(/C=C(/C#N)C(=O)c2ccc3c(c2)OCO3)cc(OC)c1OC(F)F. The second kappa shape index (κ2) is 8.48. The number of ketones is 1. The van der Waals surface area contributed by atoms with Crippen LogP contribution in [0.25, 0.3) is 6.08 Å². The minimum Gasteiger partial charge on any atom is -0.493 e. The first kappa shape index (κ1) is 19.9. The summed E-state index contributed by atoms with van der Waals surface area (Å²) in [6.07, 6.45) is 1.30. The van der Waals surface area contributed by atoms with Gasteiger partial charge in [-0.1, -0.05) is 0 Å². The molecule has 0 aliphatic carbocycles. The second-order valence-corrected chi connectivity index (χ2v) is 5.70. The van der Waals surface area contributed by atoms with Crippen molar-refractivity contribution in [3.63, 3.8) is 0 Å². The van der Waals surface area contributed by atoms with Crippen LogP contribution in [-0.2, 0) is 0 Å². The van der Waals surface area contributed by atoms with E-state index in [1.165, 1.54) is 44.6 Å². The van der Waals surface area contributed by atoms with Crippen LogP contribution in [0.4, 0.5) is 8.78 Å². The molecular formula is C20H15F2NO6. The Hall–Kier alpha value is -3.80. The zero-order valence-corrected chi connectivity index (χ0v) is 15.4. The van der Waals surface area contributed by atoms with E-state index in [1.807, 2.05) is 6.07 Å². The summed E-state index contributed by atoms with van der Waals surface area (Å²) in [5.41, 5.74) is 0.375. The van der Waals surface area contributed by atoms with E-state index in [9.17, 15) is 18.8 Å². The van der Waals surface area contributed by atoms with E-state index in [2.05, 4.69) is 4.74 Å². The number of rotatable bonds is 7. The van der Waals surface area contributed by atoms with Gasteiger partial charge in [-0.3, -0.25) is 4.79 Å². The fourth-order valence-corrected chi connectivity index (χ4v) is 2.70. The Labute approximate surface area is 164 Å². The number of halogens is 2. The molecule has 0 fully saturated rings. The summed E-state index contributed by atoms with van der Waals surface area (Å²) < 4.78 is 50.3. The third-order valence-electron chi connectivity index (χ3n) is 4.00. The van der Waals surface area contributed by atoms with E-state index in [0.717, 1.165) is 0 Å². The summed E-state index contributed by atoms with van der Waals surface area (Å²) >= 11 is 0. The predicted molar refractivity (Wildman–Crippen MR) is 96.7 cm³/mol. The molecule has 29 heavy (non-hydrogen) atoms. The first-order valence-electron chi connectivity index (χ1n) is 8.23. The average molecular weight is 403 g/mol. The highest BCUT2D eigenvalue weighted by molar-refractivity contribution is 6.14. The standard InChI is InChI=1S/C20H15F2NO6/c1-25-16-6-11(7-17(26-2)19(16)29-20(21)22)5-13(9-23)18(24)12-3-4-14-15(8-12)28-10-27-14/h3-8,20H,10H2,1-2H3/b13-5-. The summed E-state index contributed by atoms with van der Waals surface area (Å²) in [6.45, 7) is -3.03. The van der Waals surface area contributed by atoms with Gasteiger partial charge in [0.1, 0.15) is 11.6 Å². The van der Waals surface area contributed by atoms with Crippen LogP contribution in [0.2, 0.25) is 0 Å². The van der Waals surface area contributed by atoms with Gasteiger partial charge in [0.15, 0.2) is 23.0 Å². The van der Waals surface area contributed by atoms with Gasteiger partial charge in [0.2, 0.25) is 18.3 Å². The van der Waals surface area contributed by atoms with Crippen molar-refractivity contribution in [2.24, 2.45) is 0 Å². The van der Waals surface area contributed by atoms with Crippen molar-refractivity contribution < 1.29 is 37.3 Å². The number of nitrogens with zero attached hydrogens (tertiary/aromatic N) is 1. The van der Waals surface area contributed by atoms with Gasteiger partial charge >= 0.3 is 6.61 Å². The summed E-state index contributed by atoms with van der Waals surface area (Å²) in [7, 11) is 2.53. The zero-order chi connectivity index (χ0) is 21.0. The lowest BCUT2D eigenvalue weighted by Gasteiger charge is -2.14. The highest BCUT2D eigenvalue weighted by Gasteiger charge is 2.21. The van der Waals surface area contributed by atoms with Crippen LogP contribution in [0.15, 0.2) is 35.9 Å². The van der Waals surface area contributed by atoms with Crippen molar-refractivity contribution in [3.8, 4) is 34.8 Å². The van der Waals surface area contributed by atoms with Gasteiger partial charge in [0, 0.05) is 5.56 Å². The molecule has 0 unspecified atom stereocenters. The molecule has 0 atom stereocenters. The number of fused-ring (bicyclic) bond motifs is 1. The van der Waals surface area contributed by atoms with E-state index in [4.69, 9.17) is 18.9 Å². The zero-order valence-electron chi connectivity index (χ0n) is 15.4. The van der Waals surface area contributed by atoms with E-state index in [-0.39, 0.29) is 35.2 Å². The molecule has 0 radical (unpaired) electrons. The monoisotopic (exact) mass is 403 g/mol. The molecule has 0 amide bonds. The first-order valence-corrected chi connectivity index (χ1v) is 8.23. The maximum atomic E-state index is 12.7. The van der Waals surface area contributed by atoms with Crippen LogP contribution in [-0.4, -0.2) is 33.4 Å². The number of hydrogen-bond acceptors (Lipinski definition) is 7. The van der Waals surface area contributed by atoms with E-state index >= 15 is 0 Å². The molecule has 0 bridgehead atoms. The van der Waals surface area contributed by atoms with Gasteiger partial charge < -0.3 is 23.7 Å². The molecule has 0 spiro atoms. The molecule has 0 saturated carbocycles. The molecule has 2 aromatic rings. The fourth-order valence-electron chi connectivity index (χ4n) is 2.70. The lowest BCUT2D eigenvalue weighted by Crippen LogP contribution is -2.06. The molecule has 0 aromatic heterocycles. The number of allylic oxidation sites excluding steroid dienone is 1. The van der Waals surface area contributed by atoms with Crippen molar-refractivity contribution in [1.82, 2.24) is 0 Å². The predicted octanol–water partition coefficient (Wildman–Crippen LogP) is 3.82. The number of Topliss-reactive ketones (excluding diaryl/α,β-unsaturated/α-hetero) is 1. The molecule has 1 heterocycles. The molecule has 3 rings (SSSR count). The van der Waals surface area contributed by atoms with Crippen molar-refractivity contribution in [2.75, 3.05) is 21.0 Å². The minimum atomic E-state index is -3.08. The number of hydrogen-bond donors (Lipinski definition) is 0. The van der Waals surface area contributed by atoms with Gasteiger partial charge in [0.25, 0.3) is 0 Å². The molecule has 0 saturated heterocycles. The number of methoxy groups -OCH3 is 2. The summed E-state index contributed by atoms with van der Waals surface area (Å²) in [4.78, 5) is 12.7. The minimum absolute atomic E-state index is 0.0382. The normalized spacial score (nSPS) is 12.5. The molecule has 0 N–H and O–H groups in total. The molecule has 9 heteroatoms. The van der Waals surface area contributed by atoms with Crippen LogP contribution in [0.3, 0.4) is 0 Å². The highest BCUT2D eigenvalue weighted by atomic mass is 19.3. The number of carbonyl (C=O) groups excluding carboxylic acids is 1. The number of benzene rings is 2. The number of carbonyl (C=O) groups is 1.